The molecular formula is C12H8Cl2N4. The molecule has 0 saturated carbocycles. The number of nitrogens with zero attached hydrogens (tertiary/aromatic N) is 4. The van der Waals surface area contributed by atoms with Crippen LogP contribution < -0.4 is 0 Å². The number of benzene rings is 1. The van der Waals surface area contributed by atoms with Crippen molar-refractivity contribution in [1.82, 2.24) is 19.8 Å². The summed E-state index contributed by atoms with van der Waals surface area (Å²) in [5.74, 6) is 0.632. The Hall–Kier alpha value is -1.65. The molecule has 18 heavy (non-hydrogen) atoms. The van der Waals surface area contributed by atoms with Crippen molar-refractivity contribution < 1.29 is 0 Å². The Labute approximate surface area is 113 Å². The van der Waals surface area contributed by atoms with Crippen LogP contribution in [0.25, 0.3) is 17.0 Å². The van der Waals surface area contributed by atoms with E-state index in [1.54, 1.807) is 16.6 Å². The molecular weight excluding hydrogens is 271 g/mol. The number of halogens is 2. The highest BCUT2D eigenvalue weighted by molar-refractivity contribution is 6.31. The van der Waals surface area contributed by atoms with Gasteiger partial charge in [-0.05, 0) is 36.8 Å². The van der Waals surface area contributed by atoms with Gasteiger partial charge in [-0.2, -0.15) is 9.61 Å². The second-order valence-corrected chi connectivity index (χ2v) is 4.73. The van der Waals surface area contributed by atoms with Crippen LogP contribution in [0.1, 0.15) is 5.56 Å². The van der Waals surface area contributed by atoms with Crippen LogP contribution in [-0.4, -0.2) is 19.8 Å². The molecule has 0 saturated heterocycles. The molecule has 2 aromatic heterocycles. The van der Waals surface area contributed by atoms with Crippen molar-refractivity contribution in [2.75, 3.05) is 0 Å². The Kier molecular flexibility index (Phi) is 2.69. The fourth-order valence-electron chi connectivity index (χ4n) is 1.77. The van der Waals surface area contributed by atoms with Gasteiger partial charge in [0.05, 0.1) is 0 Å². The number of fused-ring (bicyclic) bond motifs is 1. The molecule has 0 unspecified atom stereocenters. The maximum Gasteiger partial charge on any atom is 0.185 e. The predicted octanol–water partition coefficient (Wildman–Crippen LogP) is 3.41. The van der Waals surface area contributed by atoms with Crippen LogP contribution in [0.3, 0.4) is 0 Å². The van der Waals surface area contributed by atoms with Crippen molar-refractivity contribution in [3.05, 3.63) is 46.1 Å². The van der Waals surface area contributed by atoms with Gasteiger partial charge in [0.15, 0.2) is 11.5 Å². The SMILES string of the molecule is Cc1ccc(Cl)cc1-c1nnc2ccc(Cl)nn12. The Bertz CT molecular complexity index is 736. The summed E-state index contributed by atoms with van der Waals surface area (Å²) in [6.07, 6.45) is 0. The molecule has 0 aliphatic rings. The van der Waals surface area contributed by atoms with E-state index in [1.807, 2.05) is 25.1 Å². The van der Waals surface area contributed by atoms with Crippen LogP contribution in [0.2, 0.25) is 10.2 Å². The lowest BCUT2D eigenvalue weighted by molar-refractivity contribution is 0.935. The Morgan fingerprint density at radius 1 is 1.06 bits per heavy atom. The minimum Gasteiger partial charge on any atom is -0.191 e. The number of aryl methyl sites for hydroxylation is 1. The standard InChI is InChI=1S/C12H8Cl2N4/c1-7-2-3-8(13)6-9(7)12-16-15-11-5-4-10(14)17-18(11)12/h2-6H,1H3. The normalized spacial score (nSPS) is 11.1. The highest BCUT2D eigenvalue weighted by Gasteiger charge is 2.12. The lowest BCUT2D eigenvalue weighted by atomic mass is 10.1. The molecule has 3 rings (SSSR count). The number of hydrogen-bond acceptors (Lipinski definition) is 3. The smallest absolute Gasteiger partial charge is 0.185 e. The van der Waals surface area contributed by atoms with Crippen LogP contribution in [0, 0.1) is 6.92 Å². The molecule has 0 radical (unpaired) electrons. The van der Waals surface area contributed by atoms with E-state index in [-0.39, 0.29) is 0 Å². The highest BCUT2D eigenvalue weighted by Crippen LogP contribution is 2.25. The van der Waals surface area contributed by atoms with Gasteiger partial charge in [0.2, 0.25) is 0 Å². The van der Waals surface area contributed by atoms with Crippen LogP contribution >= 0.6 is 23.2 Å². The third-order valence-corrected chi connectivity index (χ3v) is 3.11. The largest absolute Gasteiger partial charge is 0.191 e. The van der Waals surface area contributed by atoms with Crippen LogP contribution in [0.15, 0.2) is 30.3 Å². The first kappa shape index (κ1) is 11.4. The summed E-state index contributed by atoms with van der Waals surface area (Å²) in [4.78, 5) is 0. The minimum atomic E-state index is 0.392. The molecule has 3 aromatic rings. The van der Waals surface area contributed by atoms with Crippen LogP contribution in [0.5, 0.6) is 0 Å². The molecule has 0 N–H and O–H groups in total. The van der Waals surface area contributed by atoms with Gasteiger partial charge in [-0.15, -0.1) is 10.2 Å². The van der Waals surface area contributed by atoms with E-state index >= 15 is 0 Å². The summed E-state index contributed by atoms with van der Waals surface area (Å²) in [6.45, 7) is 1.98. The fraction of sp³-hybridized carbons (Fsp3) is 0.0833. The molecule has 90 valence electrons. The predicted molar refractivity (Wildman–Crippen MR) is 71.0 cm³/mol. The van der Waals surface area contributed by atoms with E-state index < -0.39 is 0 Å². The molecule has 0 spiro atoms. The number of rotatable bonds is 1. The summed E-state index contributed by atoms with van der Waals surface area (Å²) in [5.41, 5.74) is 2.59. The maximum absolute atomic E-state index is 6.01. The fourth-order valence-corrected chi connectivity index (χ4v) is 2.08. The first-order chi connectivity index (χ1) is 8.65. The van der Waals surface area contributed by atoms with E-state index in [0.717, 1.165) is 11.1 Å². The van der Waals surface area contributed by atoms with Gasteiger partial charge < -0.3 is 0 Å². The molecule has 0 bridgehead atoms. The molecule has 4 nitrogen and oxygen atoms in total. The molecule has 2 heterocycles. The summed E-state index contributed by atoms with van der Waals surface area (Å²) in [5, 5.41) is 13.4. The number of hydrogen-bond donors (Lipinski definition) is 0. The quantitative estimate of drug-likeness (QED) is 0.685. The zero-order valence-corrected chi connectivity index (χ0v) is 10.9. The zero-order chi connectivity index (χ0) is 12.7. The Morgan fingerprint density at radius 3 is 2.72 bits per heavy atom. The number of aromatic nitrogens is 4. The molecule has 0 amide bonds. The van der Waals surface area contributed by atoms with Crippen molar-refractivity contribution in [2.45, 2.75) is 6.92 Å². The first-order valence-corrected chi connectivity index (χ1v) is 6.05. The molecule has 1 aromatic carbocycles. The molecule has 0 aliphatic carbocycles. The summed E-state index contributed by atoms with van der Waals surface area (Å²) in [7, 11) is 0. The topological polar surface area (TPSA) is 43.1 Å². The molecule has 6 heteroatoms. The van der Waals surface area contributed by atoms with Crippen molar-refractivity contribution in [1.29, 1.82) is 0 Å². The Balaban J connectivity index is 2.31. The van der Waals surface area contributed by atoms with E-state index in [2.05, 4.69) is 15.3 Å². The minimum absolute atomic E-state index is 0.392. The maximum atomic E-state index is 6.01. The van der Waals surface area contributed by atoms with E-state index in [9.17, 15) is 0 Å². The van der Waals surface area contributed by atoms with E-state index in [1.165, 1.54) is 0 Å². The van der Waals surface area contributed by atoms with Gasteiger partial charge in [-0.3, -0.25) is 0 Å². The van der Waals surface area contributed by atoms with Gasteiger partial charge in [0, 0.05) is 10.6 Å². The van der Waals surface area contributed by atoms with Crippen LogP contribution in [0.4, 0.5) is 0 Å². The third kappa shape index (κ3) is 1.83. The van der Waals surface area contributed by atoms with Gasteiger partial charge in [-0.1, -0.05) is 29.3 Å². The summed E-state index contributed by atoms with van der Waals surface area (Å²) >= 11 is 11.9. The summed E-state index contributed by atoms with van der Waals surface area (Å²) < 4.78 is 1.61. The van der Waals surface area contributed by atoms with E-state index in [0.29, 0.717) is 21.6 Å². The van der Waals surface area contributed by atoms with E-state index in [4.69, 9.17) is 23.2 Å². The molecule has 0 fully saturated rings. The average Bonchev–Trinajstić information content (AvgIpc) is 2.75. The van der Waals surface area contributed by atoms with Crippen molar-refractivity contribution in [3.8, 4) is 11.4 Å². The average molecular weight is 279 g/mol. The Morgan fingerprint density at radius 2 is 1.89 bits per heavy atom. The zero-order valence-electron chi connectivity index (χ0n) is 9.43. The lowest BCUT2D eigenvalue weighted by Crippen LogP contribution is -1.96. The third-order valence-electron chi connectivity index (χ3n) is 2.67. The van der Waals surface area contributed by atoms with Crippen molar-refractivity contribution >= 4 is 28.8 Å². The van der Waals surface area contributed by atoms with Gasteiger partial charge >= 0.3 is 0 Å². The van der Waals surface area contributed by atoms with Crippen LogP contribution in [-0.2, 0) is 0 Å². The second kappa shape index (κ2) is 4.23. The lowest BCUT2D eigenvalue weighted by Gasteiger charge is -2.04. The van der Waals surface area contributed by atoms with Gasteiger partial charge in [0.1, 0.15) is 5.15 Å². The second-order valence-electron chi connectivity index (χ2n) is 3.91. The van der Waals surface area contributed by atoms with Gasteiger partial charge in [0.25, 0.3) is 0 Å². The van der Waals surface area contributed by atoms with Gasteiger partial charge in [-0.25, -0.2) is 0 Å². The van der Waals surface area contributed by atoms with Crippen molar-refractivity contribution in [2.24, 2.45) is 0 Å². The monoisotopic (exact) mass is 278 g/mol. The molecule has 0 aliphatic heterocycles. The van der Waals surface area contributed by atoms with Crippen molar-refractivity contribution in [3.63, 3.8) is 0 Å². The first-order valence-electron chi connectivity index (χ1n) is 5.29. The summed E-state index contributed by atoms with van der Waals surface area (Å²) in [6, 6.07) is 9.06. The molecule has 0 atom stereocenters. The highest BCUT2D eigenvalue weighted by atomic mass is 35.5.